The lowest BCUT2D eigenvalue weighted by molar-refractivity contribution is 0.0975. The lowest BCUT2D eigenvalue weighted by Gasteiger charge is -2.06. The van der Waals surface area contributed by atoms with E-state index in [2.05, 4.69) is 32.9 Å². The van der Waals surface area contributed by atoms with E-state index in [4.69, 9.17) is 4.74 Å². The minimum absolute atomic E-state index is 0.106. The zero-order valence-electron chi connectivity index (χ0n) is 12.7. The number of fused-ring (bicyclic) bond motifs is 1. The molecule has 0 aliphatic carbocycles. The summed E-state index contributed by atoms with van der Waals surface area (Å²) in [5.74, 6) is -0.165. The summed E-state index contributed by atoms with van der Waals surface area (Å²) in [7, 11) is 0. The highest BCUT2D eigenvalue weighted by Gasteiger charge is 2.15. The molecule has 0 fully saturated rings. The van der Waals surface area contributed by atoms with Crippen molar-refractivity contribution in [2.24, 2.45) is 0 Å². The molecule has 1 amide bonds. The second kappa shape index (κ2) is 7.48. The Balaban J connectivity index is 1.58. The Morgan fingerprint density at radius 3 is 2.67 bits per heavy atom. The van der Waals surface area contributed by atoms with Gasteiger partial charge in [0.05, 0.1) is 6.54 Å². The SMILES string of the molecule is O=C(NCC(=O)c1c[nH]c2cccc(I)c12)OCc1ccccc1. The van der Waals surface area contributed by atoms with Gasteiger partial charge in [0.15, 0.2) is 5.78 Å². The number of amides is 1. The van der Waals surface area contributed by atoms with E-state index in [1.54, 1.807) is 6.20 Å². The van der Waals surface area contributed by atoms with Crippen molar-refractivity contribution >= 4 is 45.4 Å². The van der Waals surface area contributed by atoms with Crippen molar-refractivity contribution in [3.63, 3.8) is 0 Å². The first-order valence-electron chi connectivity index (χ1n) is 7.38. The van der Waals surface area contributed by atoms with E-state index in [-0.39, 0.29) is 18.9 Å². The van der Waals surface area contributed by atoms with Crippen LogP contribution in [0.3, 0.4) is 0 Å². The molecule has 1 aromatic heterocycles. The molecule has 122 valence electrons. The van der Waals surface area contributed by atoms with Crippen molar-refractivity contribution in [2.75, 3.05) is 6.54 Å². The first kappa shape index (κ1) is 16.5. The van der Waals surface area contributed by atoms with E-state index >= 15 is 0 Å². The summed E-state index contributed by atoms with van der Waals surface area (Å²) in [5, 5.41) is 3.38. The molecule has 24 heavy (non-hydrogen) atoms. The van der Waals surface area contributed by atoms with Crippen LogP contribution in [0.1, 0.15) is 15.9 Å². The number of nitrogens with one attached hydrogen (secondary N) is 2. The maximum absolute atomic E-state index is 12.4. The molecular weight excluding hydrogens is 419 g/mol. The molecular formula is C18H15IN2O3. The molecule has 0 spiro atoms. The van der Waals surface area contributed by atoms with Crippen LogP contribution in [0, 0.1) is 3.57 Å². The van der Waals surface area contributed by atoms with Crippen LogP contribution in [-0.2, 0) is 11.3 Å². The molecule has 0 aliphatic heterocycles. The fourth-order valence-electron chi connectivity index (χ4n) is 2.38. The standard InChI is InChI=1S/C18H15IN2O3/c19-14-7-4-8-15-17(14)13(9-20-15)16(22)10-21-18(23)24-11-12-5-2-1-3-6-12/h1-9,20H,10-11H2,(H,21,23). The van der Waals surface area contributed by atoms with E-state index < -0.39 is 6.09 Å². The van der Waals surface area contributed by atoms with E-state index in [1.165, 1.54) is 0 Å². The summed E-state index contributed by atoms with van der Waals surface area (Å²) in [5.41, 5.74) is 2.36. The van der Waals surface area contributed by atoms with Crippen molar-refractivity contribution in [2.45, 2.75) is 6.61 Å². The third-order valence-corrected chi connectivity index (χ3v) is 4.46. The third-order valence-electron chi connectivity index (χ3n) is 3.56. The Morgan fingerprint density at radius 2 is 1.88 bits per heavy atom. The Bertz CT molecular complexity index is 874. The zero-order chi connectivity index (χ0) is 16.9. The van der Waals surface area contributed by atoms with E-state index in [0.717, 1.165) is 20.0 Å². The molecule has 6 heteroatoms. The van der Waals surface area contributed by atoms with Crippen molar-refractivity contribution in [1.82, 2.24) is 10.3 Å². The summed E-state index contributed by atoms with van der Waals surface area (Å²) in [6, 6.07) is 15.2. The van der Waals surface area contributed by atoms with Gasteiger partial charge < -0.3 is 15.0 Å². The Kier molecular flexibility index (Phi) is 5.14. The quantitative estimate of drug-likeness (QED) is 0.473. The van der Waals surface area contributed by atoms with Crippen LogP contribution in [0.15, 0.2) is 54.7 Å². The van der Waals surface area contributed by atoms with Gasteiger partial charge in [-0.15, -0.1) is 0 Å². The van der Waals surface area contributed by atoms with Crippen molar-refractivity contribution in [3.05, 3.63) is 69.4 Å². The molecule has 2 N–H and O–H groups in total. The smallest absolute Gasteiger partial charge is 0.407 e. The number of halogens is 1. The van der Waals surface area contributed by atoms with Gasteiger partial charge in [0.2, 0.25) is 0 Å². The van der Waals surface area contributed by atoms with Gasteiger partial charge in [-0.1, -0.05) is 36.4 Å². The number of H-pyrrole nitrogens is 1. The van der Waals surface area contributed by atoms with Crippen molar-refractivity contribution < 1.29 is 14.3 Å². The average Bonchev–Trinajstić information content (AvgIpc) is 3.04. The van der Waals surface area contributed by atoms with Crippen LogP contribution in [-0.4, -0.2) is 23.4 Å². The number of carbonyl (C=O) groups excluding carboxylic acids is 2. The fourth-order valence-corrected chi connectivity index (χ4v) is 3.17. The van der Waals surface area contributed by atoms with Gasteiger partial charge >= 0.3 is 6.09 Å². The van der Waals surface area contributed by atoms with Crippen LogP contribution < -0.4 is 5.32 Å². The first-order chi connectivity index (χ1) is 11.6. The molecule has 0 saturated carbocycles. The van der Waals surface area contributed by atoms with Gasteiger partial charge in [0.25, 0.3) is 0 Å². The predicted molar refractivity (Wildman–Crippen MR) is 100.0 cm³/mol. The highest BCUT2D eigenvalue weighted by molar-refractivity contribution is 14.1. The number of ketones is 1. The maximum Gasteiger partial charge on any atom is 0.407 e. The zero-order valence-corrected chi connectivity index (χ0v) is 14.9. The highest BCUT2D eigenvalue weighted by atomic mass is 127. The number of alkyl carbamates (subject to hydrolysis) is 1. The summed E-state index contributed by atoms with van der Waals surface area (Å²) < 4.78 is 6.08. The van der Waals surface area contributed by atoms with Crippen LogP contribution >= 0.6 is 22.6 Å². The van der Waals surface area contributed by atoms with Gasteiger partial charge in [0.1, 0.15) is 6.61 Å². The first-order valence-corrected chi connectivity index (χ1v) is 8.46. The molecule has 0 atom stereocenters. The molecule has 0 saturated heterocycles. The van der Waals surface area contributed by atoms with Gasteiger partial charge in [-0.3, -0.25) is 4.79 Å². The summed E-state index contributed by atoms with van der Waals surface area (Å²) in [6.07, 6.45) is 1.06. The third kappa shape index (κ3) is 3.76. The van der Waals surface area contributed by atoms with Crippen molar-refractivity contribution in [3.8, 4) is 0 Å². The summed E-state index contributed by atoms with van der Waals surface area (Å²) >= 11 is 2.19. The van der Waals surface area contributed by atoms with Gasteiger partial charge in [0, 0.05) is 26.2 Å². The Hall–Kier alpha value is -2.35. The predicted octanol–water partition coefficient (Wildman–Crippen LogP) is 3.88. The number of aromatic nitrogens is 1. The minimum Gasteiger partial charge on any atom is -0.445 e. The number of hydrogen-bond donors (Lipinski definition) is 2. The largest absolute Gasteiger partial charge is 0.445 e. The molecule has 5 nitrogen and oxygen atoms in total. The number of Topliss-reactive ketones (excluding diaryl/α,β-unsaturated/α-hetero) is 1. The normalized spacial score (nSPS) is 10.5. The Morgan fingerprint density at radius 1 is 1.08 bits per heavy atom. The van der Waals surface area contributed by atoms with E-state index in [1.807, 2.05) is 48.5 Å². The fraction of sp³-hybridized carbons (Fsp3) is 0.111. The van der Waals surface area contributed by atoms with Gasteiger partial charge in [-0.25, -0.2) is 4.79 Å². The molecule has 3 aromatic rings. The van der Waals surface area contributed by atoms with Crippen molar-refractivity contribution in [1.29, 1.82) is 0 Å². The van der Waals surface area contributed by atoms with Crippen LogP contribution in [0.25, 0.3) is 10.9 Å². The second-order valence-electron chi connectivity index (χ2n) is 5.20. The van der Waals surface area contributed by atoms with E-state index in [9.17, 15) is 9.59 Å². The molecule has 0 aliphatic rings. The topological polar surface area (TPSA) is 71.2 Å². The molecule has 3 rings (SSSR count). The number of benzene rings is 2. The summed E-state index contributed by atoms with van der Waals surface area (Å²) in [4.78, 5) is 27.2. The molecule has 1 heterocycles. The Labute approximate surface area is 152 Å². The number of hydrogen-bond acceptors (Lipinski definition) is 3. The number of aromatic amines is 1. The van der Waals surface area contributed by atoms with Crippen LogP contribution in [0.4, 0.5) is 4.79 Å². The number of ether oxygens (including phenoxy) is 1. The maximum atomic E-state index is 12.4. The summed E-state index contributed by atoms with van der Waals surface area (Å²) in [6.45, 7) is 0.0669. The van der Waals surface area contributed by atoms with Crippen LogP contribution in [0.5, 0.6) is 0 Å². The van der Waals surface area contributed by atoms with Crippen LogP contribution in [0.2, 0.25) is 0 Å². The lowest BCUT2D eigenvalue weighted by atomic mass is 10.1. The van der Waals surface area contributed by atoms with Gasteiger partial charge in [-0.2, -0.15) is 0 Å². The van der Waals surface area contributed by atoms with Gasteiger partial charge in [-0.05, 0) is 40.3 Å². The monoisotopic (exact) mass is 434 g/mol. The molecule has 0 unspecified atom stereocenters. The number of carbonyl (C=O) groups is 2. The average molecular weight is 434 g/mol. The molecule has 0 bridgehead atoms. The van der Waals surface area contributed by atoms with E-state index in [0.29, 0.717) is 5.56 Å². The molecule has 2 aromatic carbocycles. The lowest BCUT2D eigenvalue weighted by Crippen LogP contribution is -2.30. The molecule has 0 radical (unpaired) electrons. The number of rotatable bonds is 5. The highest BCUT2D eigenvalue weighted by Crippen LogP contribution is 2.24. The minimum atomic E-state index is -0.609. The second-order valence-corrected chi connectivity index (χ2v) is 6.37.